The van der Waals surface area contributed by atoms with E-state index in [-0.39, 0.29) is 22.9 Å². The molecule has 2 heterocycles. The van der Waals surface area contributed by atoms with Gasteiger partial charge in [-0.05, 0) is 22.8 Å². The highest BCUT2D eigenvalue weighted by Gasteiger charge is 2.32. The Morgan fingerprint density at radius 2 is 2.10 bits per heavy atom. The largest absolute Gasteiger partial charge is 0.417 e. The molecule has 13 heteroatoms. The molecule has 0 saturated carbocycles. The number of carbonyl (C=O) groups is 1. The number of hydrogen-bond acceptors (Lipinski definition) is 8. The molecule has 1 amide bonds. The standard InChI is InChI=1S/C16H15F3N8O2/c1-2-5-11-12(22-26-27(11)14-13(20)24-29-25-14)15(28)23-21-8-9-6-3-4-7-10(9)16(17,18)19/h3-4,6-8H,2,5H2,1H3,(H2,20,24)(H,23,28). The molecule has 0 unspecified atom stereocenters. The Morgan fingerprint density at radius 1 is 1.34 bits per heavy atom. The summed E-state index contributed by atoms with van der Waals surface area (Å²) in [5, 5.41) is 18.3. The Labute approximate surface area is 161 Å². The van der Waals surface area contributed by atoms with Crippen LogP contribution >= 0.6 is 0 Å². The zero-order valence-electron chi connectivity index (χ0n) is 15.0. The van der Waals surface area contributed by atoms with Crippen molar-refractivity contribution in [1.82, 2.24) is 30.7 Å². The Balaban J connectivity index is 1.83. The quantitative estimate of drug-likeness (QED) is 0.470. The number of anilines is 1. The van der Waals surface area contributed by atoms with E-state index >= 15 is 0 Å². The van der Waals surface area contributed by atoms with Gasteiger partial charge in [-0.2, -0.15) is 23.0 Å². The Hall–Kier alpha value is -3.77. The lowest BCUT2D eigenvalue weighted by atomic mass is 10.1. The molecule has 3 N–H and O–H groups in total. The predicted octanol–water partition coefficient (Wildman–Crippen LogP) is 1.97. The highest BCUT2D eigenvalue weighted by molar-refractivity contribution is 5.94. The van der Waals surface area contributed by atoms with Crippen LogP contribution in [0.25, 0.3) is 5.82 Å². The van der Waals surface area contributed by atoms with Gasteiger partial charge in [-0.25, -0.2) is 10.1 Å². The monoisotopic (exact) mass is 408 g/mol. The molecule has 2 aromatic heterocycles. The molecule has 0 aliphatic carbocycles. The molecule has 0 bridgehead atoms. The average molecular weight is 408 g/mol. The number of nitrogens with zero attached hydrogens (tertiary/aromatic N) is 6. The number of carbonyl (C=O) groups excluding carboxylic acids is 1. The molecular formula is C16H15F3N8O2. The van der Waals surface area contributed by atoms with Crippen molar-refractivity contribution in [2.24, 2.45) is 5.10 Å². The number of alkyl halides is 3. The van der Waals surface area contributed by atoms with Crippen molar-refractivity contribution >= 4 is 17.9 Å². The summed E-state index contributed by atoms with van der Waals surface area (Å²) in [5.41, 5.74) is 7.03. The van der Waals surface area contributed by atoms with Crippen molar-refractivity contribution in [2.75, 3.05) is 5.73 Å². The van der Waals surface area contributed by atoms with Crippen molar-refractivity contribution in [3.63, 3.8) is 0 Å². The van der Waals surface area contributed by atoms with E-state index < -0.39 is 17.6 Å². The van der Waals surface area contributed by atoms with Gasteiger partial charge in [-0.3, -0.25) is 4.79 Å². The maximum absolute atomic E-state index is 13.0. The van der Waals surface area contributed by atoms with Crippen molar-refractivity contribution in [1.29, 1.82) is 0 Å². The molecule has 0 aliphatic heterocycles. The van der Waals surface area contributed by atoms with Crippen molar-refractivity contribution in [3.8, 4) is 5.82 Å². The molecule has 0 saturated heterocycles. The molecule has 0 spiro atoms. The van der Waals surface area contributed by atoms with E-state index in [1.807, 2.05) is 6.92 Å². The zero-order chi connectivity index (χ0) is 21.0. The third-order valence-electron chi connectivity index (χ3n) is 3.80. The predicted molar refractivity (Wildman–Crippen MR) is 94.1 cm³/mol. The summed E-state index contributed by atoms with van der Waals surface area (Å²) in [6.07, 6.45) is -2.61. The van der Waals surface area contributed by atoms with Crippen molar-refractivity contribution in [3.05, 3.63) is 46.8 Å². The lowest BCUT2D eigenvalue weighted by Crippen LogP contribution is -2.20. The van der Waals surface area contributed by atoms with Gasteiger partial charge in [0.1, 0.15) is 0 Å². The van der Waals surface area contributed by atoms with Crippen LogP contribution in [0.5, 0.6) is 0 Å². The molecule has 1 aromatic carbocycles. The van der Waals surface area contributed by atoms with E-state index in [0.717, 1.165) is 12.3 Å². The number of nitrogen functional groups attached to an aromatic ring is 1. The van der Waals surface area contributed by atoms with Crippen LogP contribution in [0.4, 0.5) is 19.0 Å². The molecule has 3 rings (SSSR count). The summed E-state index contributed by atoms with van der Waals surface area (Å²) in [6.45, 7) is 1.87. The molecular weight excluding hydrogens is 393 g/mol. The van der Waals surface area contributed by atoms with E-state index in [2.05, 4.69) is 35.8 Å². The normalized spacial score (nSPS) is 11.9. The van der Waals surface area contributed by atoms with Crippen LogP contribution in [0, 0.1) is 0 Å². The molecule has 0 aliphatic rings. The Morgan fingerprint density at radius 3 is 2.76 bits per heavy atom. The van der Waals surface area contributed by atoms with Crippen molar-refractivity contribution < 1.29 is 22.6 Å². The van der Waals surface area contributed by atoms with Crippen LogP contribution in [0.3, 0.4) is 0 Å². The maximum atomic E-state index is 13.0. The number of hydrogen-bond donors (Lipinski definition) is 2. The lowest BCUT2D eigenvalue weighted by Gasteiger charge is -2.09. The van der Waals surface area contributed by atoms with Crippen LogP contribution in [0.1, 0.15) is 40.7 Å². The summed E-state index contributed by atoms with van der Waals surface area (Å²) in [7, 11) is 0. The Bertz CT molecular complexity index is 1040. The van der Waals surface area contributed by atoms with E-state index in [1.165, 1.54) is 22.9 Å². The SMILES string of the molecule is CCCc1c(C(=O)NN=Cc2ccccc2C(F)(F)F)nnn1-c1nonc1N. The smallest absolute Gasteiger partial charge is 0.378 e. The number of hydrazone groups is 1. The molecule has 0 fully saturated rings. The second-order valence-corrected chi connectivity index (χ2v) is 5.80. The van der Waals surface area contributed by atoms with Crippen LogP contribution in [0.15, 0.2) is 34.0 Å². The van der Waals surface area contributed by atoms with Crippen LogP contribution in [-0.2, 0) is 12.6 Å². The first-order valence-corrected chi connectivity index (χ1v) is 8.35. The molecule has 0 radical (unpaired) electrons. The fourth-order valence-electron chi connectivity index (χ4n) is 2.53. The van der Waals surface area contributed by atoms with Gasteiger partial charge < -0.3 is 5.73 Å². The van der Waals surface area contributed by atoms with Gasteiger partial charge in [-0.1, -0.05) is 36.8 Å². The summed E-state index contributed by atoms with van der Waals surface area (Å²) < 4.78 is 44.8. The van der Waals surface area contributed by atoms with E-state index in [0.29, 0.717) is 18.5 Å². The minimum Gasteiger partial charge on any atom is -0.378 e. The van der Waals surface area contributed by atoms with E-state index in [1.54, 1.807) is 0 Å². The number of amides is 1. The summed E-state index contributed by atoms with van der Waals surface area (Å²) in [6, 6.07) is 4.85. The lowest BCUT2D eigenvalue weighted by molar-refractivity contribution is -0.137. The van der Waals surface area contributed by atoms with Crippen LogP contribution < -0.4 is 11.2 Å². The second-order valence-electron chi connectivity index (χ2n) is 5.80. The maximum Gasteiger partial charge on any atom is 0.417 e. The van der Waals surface area contributed by atoms with Crippen molar-refractivity contribution in [2.45, 2.75) is 25.9 Å². The molecule has 3 aromatic rings. The number of nitrogens with one attached hydrogen (secondary N) is 1. The second kappa shape index (κ2) is 8.08. The minimum absolute atomic E-state index is 0.0408. The topological polar surface area (TPSA) is 137 Å². The first kappa shape index (κ1) is 20.0. The third-order valence-corrected chi connectivity index (χ3v) is 3.80. The number of aromatic nitrogens is 5. The molecule has 29 heavy (non-hydrogen) atoms. The first-order chi connectivity index (χ1) is 13.8. The van der Waals surface area contributed by atoms with E-state index in [9.17, 15) is 18.0 Å². The fourth-order valence-corrected chi connectivity index (χ4v) is 2.53. The molecule has 0 atom stereocenters. The fraction of sp³-hybridized carbons (Fsp3) is 0.250. The van der Waals surface area contributed by atoms with Gasteiger partial charge >= 0.3 is 6.18 Å². The number of halogens is 3. The number of rotatable bonds is 6. The van der Waals surface area contributed by atoms with Gasteiger partial charge in [0.2, 0.25) is 11.6 Å². The highest BCUT2D eigenvalue weighted by Crippen LogP contribution is 2.31. The van der Waals surface area contributed by atoms with Gasteiger partial charge in [-0.15, -0.1) is 5.10 Å². The van der Waals surface area contributed by atoms with Gasteiger partial charge in [0, 0.05) is 5.56 Å². The molecule has 152 valence electrons. The summed E-state index contributed by atoms with van der Waals surface area (Å²) in [5.74, 6) is -0.723. The Kier molecular flexibility index (Phi) is 5.57. The summed E-state index contributed by atoms with van der Waals surface area (Å²) >= 11 is 0. The summed E-state index contributed by atoms with van der Waals surface area (Å²) in [4.78, 5) is 12.4. The number of nitrogens with two attached hydrogens (primary N) is 1. The minimum atomic E-state index is -4.55. The van der Waals surface area contributed by atoms with Gasteiger partial charge in [0.15, 0.2) is 5.69 Å². The zero-order valence-corrected chi connectivity index (χ0v) is 15.0. The highest BCUT2D eigenvalue weighted by atomic mass is 19.4. The van der Waals surface area contributed by atoms with Gasteiger partial charge in [0.05, 0.1) is 17.5 Å². The van der Waals surface area contributed by atoms with Crippen LogP contribution in [-0.4, -0.2) is 37.4 Å². The molecule has 10 nitrogen and oxygen atoms in total. The van der Waals surface area contributed by atoms with E-state index in [4.69, 9.17) is 5.73 Å². The first-order valence-electron chi connectivity index (χ1n) is 8.35. The van der Waals surface area contributed by atoms with Gasteiger partial charge in [0.25, 0.3) is 5.91 Å². The van der Waals surface area contributed by atoms with Crippen LogP contribution in [0.2, 0.25) is 0 Å². The number of benzene rings is 1. The third kappa shape index (κ3) is 4.23. The average Bonchev–Trinajstić information content (AvgIpc) is 3.27.